The Morgan fingerprint density at radius 2 is 1.76 bits per heavy atom. The third kappa shape index (κ3) is 4.87. The van der Waals surface area contributed by atoms with E-state index in [0.29, 0.717) is 21.3 Å². The number of nitrogens with zero attached hydrogens (tertiary/aromatic N) is 1. The molecule has 0 saturated heterocycles. The molecule has 0 atom stereocenters. The van der Waals surface area contributed by atoms with Crippen LogP contribution in [0.1, 0.15) is 22.8 Å². The van der Waals surface area contributed by atoms with Gasteiger partial charge in [-0.15, -0.1) is 0 Å². The first-order valence-electron chi connectivity index (χ1n) is 7.53. The number of benzene rings is 2. The minimum atomic E-state index is -3.33. The highest BCUT2D eigenvalue weighted by Gasteiger charge is 2.16. The maximum Gasteiger partial charge on any atom is 0.251 e. The molecule has 1 N–H and O–H groups in total. The predicted octanol–water partition coefficient (Wildman–Crippen LogP) is 3.71. The average molecular weight is 401 g/mol. The number of amides is 1. The van der Waals surface area contributed by atoms with Gasteiger partial charge in [0.05, 0.1) is 11.4 Å². The average Bonchev–Trinajstić information content (AvgIpc) is 2.60. The highest BCUT2D eigenvalue weighted by molar-refractivity contribution is 7.92. The van der Waals surface area contributed by atoms with Gasteiger partial charge in [-0.25, -0.2) is 8.42 Å². The number of hydrogen-bond acceptors (Lipinski definition) is 3. The van der Waals surface area contributed by atoms with Gasteiger partial charge in [-0.3, -0.25) is 9.10 Å². The molecule has 0 aromatic heterocycles. The van der Waals surface area contributed by atoms with Crippen molar-refractivity contribution in [2.45, 2.75) is 13.5 Å². The third-order valence-electron chi connectivity index (χ3n) is 3.73. The summed E-state index contributed by atoms with van der Waals surface area (Å²) in [6, 6.07) is 11.4. The normalized spacial score (nSPS) is 11.2. The van der Waals surface area contributed by atoms with Crippen molar-refractivity contribution in [2.75, 3.05) is 17.1 Å². The Bertz CT molecular complexity index is 868. The van der Waals surface area contributed by atoms with Crippen LogP contribution in [-0.2, 0) is 16.6 Å². The number of carbonyl (C=O) groups excluding carboxylic acids is 1. The van der Waals surface area contributed by atoms with Crippen LogP contribution in [0.3, 0.4) is 0 Å². The van der Waals surface area contributed by atoms with E-state index < -0.39 is 10.0 Å². The summed E-state index contributed by atoms with van der Waals surface area (Å²) < 4.78 is 24.9. The molecule has 0 fully saturated rings. The van der Waals surface area contributed by atoms with Crippen LogP contribution in [0.4, 0.5) is 5.69 Å². The van der Waals surface area contributed by atoms with Gasteiger partial charge in [0.2, 0.25) is 10.0 Å². The van der Waals surface area contributed by atoms with E-state index in [0.717, 1.165) is 5.56 Å². The lowest BCUT2D eigenvalue weighted by Crippen LogP contribution is -2.28. The topological polar surface area (TPSA) is 66.5 Å². The molecule has 5 nitrogen and oxygen atoms in total. The molecule has 0 aliphatic carbocycles. The van der Waals surface area contributed by atoms with Gasteiger partial charge >= 0.3 is 0 Å². The number of rotatable bonds is 6. The van der Waals surface area contributed by atoms with E-state index in [2.05, 4.69) is 5.32 Å². The van der Waals surface area contributed by atoms with Crippen molar-refractivity contribution >= 4 is 44.8 Å². The molecule has 0 heterocycles. The largest absolute Gasteiger partial charge is 0.348 e. The van der Waals surface area contributed by atoms with Gasteiger partial charge in [-0.1, -0.05) is 29.3 Å². The van der Waals surface area contributed by atoms with E-state index in [1.165, 1.54) is 11.4 Å². The highest BCUT2D eigenvalue weighted by atomic mass is 35.5. The summed E-state index contributed by atoms with van der Waals surface area (Å²) in [5.41, 5.74) is 1.68. The molecule has 2 rings (SSSR count). The summed E-state index contributed by atoms with van der Waals surface area (Å²) in [6.07, 6.45) is 0. The van der Waals surface area contributed by atoms with Crippen molar-refractivity contribution in [3.63, 3.8) is 0 Å². The molecule has 2 aromatic carbocycles. The van der Waals surface area contributed by atoms with Crippen molar-refractivity contribution in [2.24, 2.45) is 0 Å². The molecule has 2 aromatic rings. The van der Waals surface area contributed by atoms with Crippen molar-refractivity contribution in [1.29, 1.82) is 0 Å². The molecule has 0 unspecified atom stereocenters. The van der Waals surface area contributed by atoms with Crippen LogP contribution >= 0.6 is 23.2 Å². The molecular formula is C17H18Cl2N2O3S. The molecule has 0 radical (unpaired) electrons. The van der Waals surface area contributed by atoms with E-state index in [4.69, 9.17) is 23.2 Å². The van der Waals surface area contributed by atoms with E-state index in [-0.39, 0.29) is 18.2 Å². The van der Waals surface area contributed by atoms with Crippen LogP contribution in [0, 0.1) is 0 Å². The fourth-order valence-corrected chi connectivity index (χ4v) is 3.43. The fourth-order valence-electron chi connectivity index (χ4n) is 2.12. The summed E-state index contributed by atoms with van der Waals surface area (Å²) in [5.74, 6) is -0.272. The maximum atomic E-state index is 12.2. The first kappa shape index (κ1) is 19.6. The van der Waals surface area contributed by atoms with Crippen LogP contribution in [-0.4, -0.2) is 27.1 Å². The maximum absolute atomic E-state index is 12.2. The second-order valence-corrected chi connectivity index (χ2v) is 8.47. The third-order valence-corrected chi connectivity index (χ3v) is 6.09. The zero-order valence-electron chi connectivity index (χ0n) is 13.8. The summed E-state index contributed by atoms with van der Waals surface area (Å²) in [4.78, 5) is 12.2. The number of halogens is 2. The van der Waals surface area contributed by atoms with Crippen LogP contribution in [0.15, 0.2) is 42.5 Å². The molecular weight excluding hydrogens is 383 g/mol. The van der Waals surface area contributed by atoms with Gasteiger partial charge in [-0.05, 0) is 48.9 Å². The lowest BCUT2D eigenvalue weighted by molar-refractivity contribution is 0.0951. The zero-order chi connectivity index (χ0) is 18.6. The molecule has 0 spiro atoms. The number of sulfonamides is 1. The monoisotopic (exact) mass is 400 g/mol. The summed E-state index contributed by atoms with van der Waals surface area (Å²) in [7, 11) is -1.85. The number of carbonyl (C=O) groups is 1. The van der Waals surface area contributed by atoms with Gasteiger partial charge in [0.1, 0.15) is 0 Å². The van der Waals surface area contributed by atoms with E-state index in [9.17, 15) is 13.2 Å². The summed E-state index contributed by atoms with van der Waals surface area (Å²) in [5, 5.41) is 3.78. The Morgan fingerprint density at radius 1 is 1.12 bits per heavy atom. The number of nitrogens with one attached hydrogen (secondary N) is 1. The van der Waals surface area contributed by atoms with Crippen LogP contribution in [0.25, 0.3) is 0 Å². The molecule has 0 bridgehead atoms. The van der Waals surface area contributed by atoms with Crippen molar-refractivity contribution < 1.29 is 13.2 Å². The Labute approximate surface area is 157 Å². The smallest absolute Gasteiger partial charge is 0.251 e. The van der Waals surface area contributed by atoms with Gasteiger partial charge in [0.15, 0.2) is 0 Å². The lowest BCUT2D eigenvalue weighted by Gasteiger charge is -2.18. The molecule has 0 saturated carbocycles. The standard InChI is InChI=1S/C17H18Cl2N2O3S/c1-3-25(23,24)21(2)15-8-5-12(6-9-15)17(22)20-11-13-4-7-14(18)10-16(13)19/h4-10H,3,11H2,1-2H3,(H,20,22). The molecule has 25 heavy (non-hydrogen) atoms. The quantitative estimate of drug-likeness (QED) is 0.803. The molecule has 0 aliphatic heterocycles. The van der Waals surface area contributed by atoms with Gasteiger partial charge in [0.25, 0.3) is 5.91 Å². The number of anilines is 1. The summed E-state index contributed by atoms with van der Waals surface area (Å²) >= 11 is 11.9. The molecule has 134 valence electrons. The molecule has 1 amide bonds. The van der Waals surface area contributed by atoms with Crippen molar-refractivity contribution in [3.05, 3.63) is 63.6 Å². The van der Waals surface area contributed by atoms with Crippen LogP contribution < -0.4 is 9.62 Å². The Balaban J connectivity index is 2.05. The van der Waals surface area contributed by atoms with E-state index in [1.54, 1.807) is 49.4 Å². The number of hydrogen-bond donors (Lipinski definition) is 1. The molecule has 8 heteroatoms. The Morgan fingerprint density at radius 3 is 2.32 bits per heavy atom. The Hall–Kier alpha value is -1.76. The fraction of sp³-hybridized carbons (Fsp3) is 0.235. The zero-order valence-corrected chi connectivity index (χ0v) is 16.1. The first-order valence-corrected chi connectivity index (χ1v) is 9.90. The van der Waals surface area contributed by atoms with Crippen molar-refractivity contribution in [1.82, 2.24) is 5.32 Å². The van der Waals surface area contributed by atoms with Gasteiger partial charge in [-0.2, -0.15) is 0 Å². The summed E-state index contributed by atoms with van der Waals surface area (Å²) in [6.45, 7) is 1.84. The highest BCUT2D eigenvalue weighted by Crippen LogP contribution is 2.21. The van der Waals surface area contributed by atoms with Crippen molar-refractivity contribution in [3.8, 4) is 0 Å². The minimum Gasteiger partial charge on any atom is -0.348 e. The molecule has 0 aliphatic rings. The van der Waals surface area contributed by atoms with Gasteiger partial charge < -0.3 is 5.32 Å². The minimum absolute atomic E-state index is 0.00753. The lowest BCUT2D eigenvalue weighted by atomic mass is 10.1. The van der Waals surface area contributed by atoms with Gasteiger partial charge in [0, 0.05) is 29.2 Å². The van der Waals surface area contributed by atoms with Crippen LogP contribution in [0.2, 0.25) is 10.0 Å². The second kappa shape index (κ2) is 8.08. The van der Waals surface area contributed by atoms with E-state index in [1.807, 2.05) is 0 Å². The second-order valence-electron chi connectivity index (χ2n) is 5.33. The van der Waals surface area contributed by atoms with Crippen LogP contribution in [0.5, 0.6) is 0 Å². The van der Waals surface area contributed by atoms with E-state index >= 15 is 0 Å². The predicted molar refractivity (Wildman–Crippen MR) is 102 cm³/mol. The Kier molecular flexibility index (Phi) is 6.32. The SMILES string of the molecule is CCS(=O)(=O)N(C)c1ccc(C(=O)NCc2ccc(Cl)cc2Cl)cc1. The first-order chi connectivity index (χ1) is 11.7.